The van der Waals surface area contributed by atoms with Crippen molar-refractivity contribution < 1.29 is 13.5 Å². The van der Waals surface area contributed by atoms with Gasteiger partial charge in [0.25, 0.3) is 0 Å². The number of hydrogen-bond donors (Lipinski definition) is 2. The van der Waals surface area contributed by atoms with Crippen LogP contribution < -0.4 is 4.72 Å². The van der Waals surface area contributed by atoms with Crippen LogP contribution in [0.3, 0.4) is 0 Å². The third-order valence-electron chi connectivity index (χ3n) is 1.28. The molecule has 72 valence electrons. The van der Waals surface area contributed by atoms with Gasteiger partial charge in [0, 0.05) is 5.69 Å². The summed E-state index contributed by atoms with van der Waals surface area (Å²) >= 11 is 5.17. The van der Waals surface area contributed by atoms with Crippen molar-refractivity contribution in [1.29, 1.82) is 0 Å². The highest BCUT2D eigenvalue weighted by Gasteiger charge is 2.06. The fourth-order valence-corrected chi connectivity index (χ4v) is 1.45. The summed E-state index contributed by atoms with van der Waals surface area (Å²) in [5, 5.41) is 8.42. The fraction of sp³-hybridized carbons (Fsp3) is 0.143. The van der Waals surface area contributed by atoms with E-state index in [-0.39, 0.29) is 5.75 Å². The number of alkyl halides is 1. The molecule has 13 heavy (non-hydrogen) atoms. The Balaban J connectivity index is 2.82. The molecule has 0 atom stereocenters. The lowest BCUT2D eigenvalue weighted by atomic mass is 10.3. The number of phenolic OH excluding ortho intramolecular Hbond substituents is 1. The van der Waals surface area contributed by atoms with Crippen LogP contribution in [0.25, 0.3) is 0 Å². The van der Waals surface area contributed by atoms with Gasteiger partial charge < -0.3 is 5.11 Å². The molecule has 0 spiro atoms. The SMILES string of the molecule is O=S(=O)(CCl)Nc1ccc(O)cc1. The van der Waals surface area contributed by atoms with Crippen LogP contribution in [0.1, 0.15) is 0 Å². The number of aromatic hydroxyl groups is 1. The number of rotatable bonds is 3. The summed E-state index contributed by atoms with van der Waals surface area (Å²) < 4.78 is 24.1. The molecule has 1 aromatic rings. The molecule has 4 nitrogen and oxygen atoms in total. The number of sulfonamides is 1. The number of halogens is 1. The highest BCUT2D eigenvalue weighted by molar-refractivity contribution is 7.93. The van der Waals surface area contributed by atoms with Crippen LogP contribution in [0.15, 0.2) is 24.3 Å². The summed E-state index contributed by atoms with van der Waals surface area (Å²) in [4.78, 5) is 0. The third kappa shape index (κ3) is 3.12. The molecule has 0 fully saturated rings. The minimum atomic E-state index is -3.45. The van der Waals surface area contributed by atoms with E-state index in [2.05, 4.69) is 4.72 Å². The second-order valence-electron chi connectivity index (χ2n) is 2.37. The predicted molar refractivity (Wildman–Crippen MR) is 51.4 cm³/mol. The standard InChI is InChI=1S/C7H8ClNO3S/c8-5-13(11,12)9-6-1-3-7(10)4-2-6/h1-4,9-10H,5H2. The molecule has 0 radical (unpaired) electrons. The van der Waals surface area contributed by atoms with Crippen molar-refractivity contribution in [2.24, 2.45) is 0 Å². The van der Waals surface area contributed by atoms with E-state index in [0.29, 0.717) is 5.69 Å². The van der Waals surface area contributed by atoms with Crippen molar-refractivity contribution in [1.82, 2.24) is 0 Å². The molecule has 0 aliphatic rings. The third-order valence-corrected chi connectivity index (χ3v) is 2.98. The minimum Gasteiger partial charge on any atom is -0.508 e. The highest BCUT2D eigenvalue weighted by Crippen LogP contribution is 2.15. The lowest BCUT2D eigenvalue weighted by Crippen LogP contribution is -2.13. The van der Waals surface area contributed by atoms with Crippen molar-refractivity contribution in [2.75, 3.05) is 9.93 Å². The van der Waals surface area contributed by atoms with Gasteiger partial charge in [-0.15, -0.1) is 11.6 Å². The molecule has 0 bridgehead atoms. The van der Waals surface area contributed by atoms with Crippen LogP contribution in [0.5, 0.6) is 5.75 Å². The first-order valence-corrected chi connectivity index (χ1v) is 5.58. The van der Waals surface area contributed by atoms with Gasteiger partial charge in [0.15, 0.2) is 0 Å². The number of anilines is 1. The van der Waals surface area contributed by atoms with Crippen molar-refractivity contribution >= 4 is 27.3 Å². The Morgan fingerprint density at radius 2 is 1.85 bits per heavy atom. The number of nitrogens with one attached hydrogen (secondary N) is 1. The zero-order valence-corrected chi connectivity index (χ0v) is 8.14. The number of phenols is 1. The summed E-state index contributed by atoms with van der Waals surface area (Å²) in [5.41, 5.74) is 0.374. The van der Waals surface area contributed by atoms with E-state index in [4.69, 9.17) is 16.7 Å². The lowest BCUT2D eigenvalue weighted by Gasteiger charge is -2.04. The van der Waals surface area contributed by atoms with E-state index in [1.165, 1.54) is 24.3 Å². The van der Waals surface area contributed by atoms with E-state index >= 15 is 0 Å². The molecule has 0 saturated carbocycles. The molecule has 0 amide bonds. The molecule has 0 saturated heterocycles. The van der Waals surface area contributed by atoms with Gasteiger partial charge in [0.05, 0.1) is 0 Å². The van der Waals surface area contributed by atoms with Crippen LogP contribution >= 0.6 is 11.6 Å². The Kier molecular flexibility index (Phi) is 3.00. The van der Waals surface area contributed by atoms with Crippen LogP contribution in [-0.4, -0.2) is 18.7 Å². The molecule has 0 aromatic heterocycles. The average molecular weight is 222 g/mol. The summed E-state index contributed by atoms with van der Waals surface area (Å²) in [6.45, 7) is 0. The van der Waals surface area contributed by atoms with Crippen LogP contribution in [0, 0.1) is 0 Å². The van der Waals surface area contributed by atoms with Gasteiger partial charge in [-0.05, 0) is 24.3 Å². The van der Waals surface area contributed by atoms with Crippen LogP contribution in [-0.2, 0) is 10.0 Å². The Morgan fingerprint density at radius 1 is 1.31 bits per heavy atom. The van der Waals surface area contributed by atoms with E-state index in [0.717, 1.165) is 0 Å². The number of benzene rings is 1. The maximum absolute atomic E-state index is 10.9. The molecule has 6 heteroatoms. The van der Waals surface area contributed by atoms with E-state index in [9.17, 15) is 8.42 Å². The van der Waals surface area contributed by atoms with Gasteiger partial charge >= 0.3 is 0 Å². The van der Waals surface area contributed by atoms with Gasteiger partial charge in [-0.2, -0.15) is 0 Å². The first-order valence-electron chi connectivity index (χ1n) is 3.39. The highest BCUT2D eigenvalue weighted by atomic mass is 35.5. The quantitative estimate of drug-likeness (QED) is 0.598. The number of hydrogen-bond acceptors (Lipinski definition) is 3. The van der Waals surface area contributed by atoms with Gasteiger partial charge in [-0.25, -0.2) is 8.42 Å². The summed E-state index contributed by atoms with van der Waals surface area (Å²) in [6.07, 6.45) is 0. The van der Waals surface area contributed by atoms with Crippen molar-refractivity contribution in [3.63, 3.8) is 0 Å². The largest absolute Gasteiger partial charge is 0.508 e. The summed E-state index contributed by atoms with van der Waals surface area (Å²) in [6, 6.07) is 5.65. The predicted octanol–water partition coefficient (Wildman–Crippen LogP) is 1.33. The Labute approximate surface area is 81.2 Å². The normalized spacial score (nSPS) is 11.2. The van der Waals surface area contributed by atoms with Crippen molar-refractivity contribution in [3.8, 4) is 5.75 Å². The molecule has 2 N–H and O–H groups in total. The minimum absolute atomic E-state index is 0.0776. The zero-order valence-electron chi connectivity index (χ0n) is 6.57. The molecule has 0 aliphatic heterocycles. The summed E-state index contributed by atoms with van der Waals surface area (Å²) in [5.74, 6) is 0.0776. The maximum Gasteiger partial charge on any atom is 0.246 e. The van der Waals surface area contributed by atoms with Crippen molar-refractivity contribution in [2.45, 2.75) is 0 Å². The van der Waals surface area contributed by atoms with Crippen molar-refractivity contribution in [3.05, 3.63) is 24.3 Å². The first-order chi connectivity index (χ1) is 6.03. The molecule has 1 aromatic carbocycles. The molecule has 0 aliphatic carbocycles. The lowest BCUT2D eigenvalue weighted by molar-refractivity contribution is 0.475. The summed E-state index contributed by atoms with van der Waals surface area (Å²) in [7, 11) is -3.45. The van der Waals surface area contributed by atoms with Crippen LogP contribution in [0.4, 0.5) is 5.69 Å². The maximum atomic E-state index is 10.9. The molecular weight excluding hydrogens is 214 g/mol. The molecular formula is C7H8ClNO3S. The molecule has 1 rings (SSSR count). The Hall–Kier alpha value is -0.940. The van der Waals surface area contributed by atoms with E-state index < -0.39 is 15.2 Å². The van der Waals surface area contributed by atoms with Gasteiger partial charge in [-0.1, -0.05) is 0 Å². The molecule has 0 unspecified atom stereocenters. The van der Waals surface area contributed by atoms with E-state index in [1.807, 2.05) is 0 Å². The van der Waals surface area contributed by atoms with Gasteiger partial charge in [0.2, 0.25) is 10.0 Å². The Morgan fingerprint density at radius 3 is 2.31 bits per heavy atom. The molecule has 0 heterocycles. The zero-order chi connectivity index (χ0) is 9.90. The topological polar surface area (TPSA) is 66.4 Å². The fourth-order valence-electron chi connectivity index (χ4n) is 0.736. The van der Waals surface area contributed by atoms with Gasteiger partial charge in [-0.3, -0.25) is 4.72 Å². The average Bonchev–Trinajstić information content (AvgIpc) is 2.09. The second-order valence-corrected chi connectivity index (χ2v) is 4.68. The first kappa shape index (κ1) is 10.1. The van der Waals surface area contributed by atoms with E-state index in [1.54, 1.807) is 0 Å². The second kappa shape index (κ2) is 3.85. The van der Waals surface area contributed by atoms with Gasteiger partial charge in [0.1, 0.15) is 11.0 Å². The Bertz CT molecular complexity index is 373. The monoisotopic (exact) mass is 221 g/mol. The van der Waals surface area contributed by atoms with Crippen LogP contribution in [0.2, 0.25) is 0 Å². The smallest absolute Gasteiger partial charge is 0.246 e.